The summed E-state index contributed by atoms with van der Waals surface area (Å²) in [6.07, 6.45) is 23.0. The Bertz CT molecular complexity index is 1660. The molecule has 0 aromatic heterocycles. The van der Waals surface area contributed by atoms with Crippen LogP contribution in [0.1, 0.15) is 47.9 Å². The summed E-state index contributed by atoms with van der Waals surface area (Å²) in [4.78, 5) is 0. The van der Waals surface area contributed by atoms with Gasteiger partial charge in [0.1, 0.15) is 0 Å². The number of allylic oxidation sites excluding steroid dienone is 16. The summed E-state index contributed by atoms with van der Waals surface area (Å²) in [5, 5.41) is 0. The van der Waals surface area contributed by atoms with Gasteiger partial charge in [0.2, 0.25) is 0 Å². The first-order chi connectivity index (χ1) is 22.8. The Labute approximate surface area is 312 Å². The van der Waals surface area contributed by atoms with Crippen LogP contribution in [0.3, 0.4) is 0 Å². The fraction of sp³-hybridized carbons (Fsp3) is 0.0909. The van der Waals surface area contributed by atoms with Crippen molar-refractivity contribution in [2.75, 3.05) is 0 Å². The second kappa shape index (κ2) is 17.8. The Hall–Kier alpha value is -3.45. The van der Waals surface area contributed by atoms with Gasteiger partial charge in [-0.25, -0.2) is 0 Å². The summed E-state index contributed by atoms with van der Waals surface area (Å²) >= 11 is 0.182. The maximum Gasteiger partial charge on any atom is -1.00 e. The molecular weight excluding hydrogens is 701 g/mol. The average molecular weight is 738 g/mol. The van der Waals surface area contributed by atoms with Crippen molar-refractivity contribution in [3.05, 3.63) is 209 Å². The SMILES string of the molecule is C1=CC(c2ccccc2)=[C]([V+][C]2=C(c3ccccc3)C=CC2)C1.C1=CC(c2ccccc2)=[C]([V+][C]2=C(c3ccccc3)C=CC2)C1.[Cl-].[Cl-]. The Balaban J connectivity index is 0.000000180. The molecule has 4 aromatic rings. The summed E-state index contributed by atoms with van der Waals surface area (Å²) < 4.78 is 6.55. The van der Waals surface area contributed by atoms with Gasteiger partial charge in [-0.3, -0.25) is 0 Å². The molecule has 0 unspecified atom stereocenters. The van der Waals surface area contributed by atoms with Crippen molar-refractivity contribution < 1.29 is 57.4 Å². The van der Waals surface area contributed by atoms with Crippen LogP contribution >= 0.6 is 0 Å². The van der Waals surface area contributed by atoms with E-state index in [1.807, 2.05) is 0 Å². The van der Waals surface area contributed by atoms with Crippen molar-refractivity contribution in [2.45, 2.75) is 25.7 Å². The van der Waals surface area contributed by atoms with Gasteiger partial charge in [0.15, 0.2) is 0 Å². The van der Waals surface area contributed by atoms with Gasteiger partial charge in [0.25, 0.3) is 0 Å². The third-order valence-electron chi connectivity index (χ3n) is 8.51. The molecule has 0 atom stereocenters. The molecule has 4 aliphatic carbocycles. The van der Waals surface area contributed by atoms with Gasteiger partial charge in [-0.2, -0.15) is 0 Å². The van der Waals surface area contributed by atoms with E-state index in [4.69, 9.17) is 0 Å². The fourth-order valence-corrected chi connectivity index (χ4v) is 10.5. The van der Waals surface area contributed by atoms with Gasteiger partial charge in [0.05, 0.1) is 0 Å². The molecule has 0 amide bonds. The molecule has 0 nitrogen and oxygen atoms in total. The van der Waals surface area contributed by atoms with Crippen LogP contribution in [0.25, 0.3) is 22.3 Å². The summed E-state index contributed by atoms with van der Waals surface area (Å²) in [7, 11) is 0. The molecule has 0 bridgehead atoms. The van der Waals surface area contributed by atoms with E-state index in [1.54, 1.807) is 17.1 Å². The molecule has 0 radical (unpaired) electrons. The van der Waals surface area contributed by atoms with E-state index in [-0.39, 0.29) is 57.4 Å². The predicted octanol–water partition coefficient (Wildman–Crippen LogP) is 5.63. The molecule has 0 saturated heterocycles. The van der Waals surface area contributed by atoms with Crippen molar-refractivity contribution in [2.24, 2.45) is 0 Å². The fourth-order valence-electron chi connectivity index (χ4n) is 6.25. The van der Waals surface area contributed by atoms with E-state index in [0.717, 1.165) is 25.7 Å². The van der Waals surface area contributed by atoms with Crippen molar-refractivity contribution in [1.29, 1.82) is 0 Å². The number of hydrogen-bond donors (Lipinski definition) is 0. The zero-order chi connectivity index (χ0) is 31.0. The first-order valence-electron chi connectivity index (χ1n) is 16.1. The number of hydrogen-bond acceptors (Lipinski definition) is 0. The monoisotopic (exact) mass is 736 g/mol. The van der Waals surface area contributed by atoms with Gasteiger partial charge >= 0.3 is 290 Å². The van der Waals surface area contributed by atoms with E-state index >= 15 is 0 Å². The van der Waals surface area contributed by atoms with Crippen LogP contribution in [0, 0.1) is 0 Å². The summed E-state index contributed by atoms with van der Waals surface area (Å²) in [6.45, 7) is 0. The molecule has 8 rings (SSSR count). The number of halogens is 2. The molecule has 0 saturated carbocycles. The van der Waals surface area contributed by atoms with E-state index in [1.165, 1.54) is 44.5 Å². The van der Waals surface area contributed by atoms with E-state index in [9.17, 15) is 0 Å². The van der Waals surface area contributed by atoms with Crippen molar-refractivity contribution in [3.8, 4) is 0 Å². The van der Waals surface area contributed by atoms with E-state index in [2.05, 4.69) is 170 Å². The molecule has 0 fully saturated rings. The normalized spacial score (nSPS) is 15.8. The van der Waals surface area contributed by atoms with Gasteiger partial charge < -0.3 is 24.8 Å². The molecule has 4 aliphatic rings. The summed E-state index contributed by atoms with van der Waals surface area (Å²) in [6, 6.07) is 43.2. The largest absolute Gasteiger partial charge is 1.00 e. The number of benzene rings is 4. The summed E-state index contributed by atoms with van der Waals surface area (Å²) in [5.74, 6) is 0. The maximum absolute atomic E-state index is 2.32. The molecule has 236 valence electrons. The van der Waals surface area contributed by atoms with Crippen LogP contribution in [0.4, 0.5) is 0 Å². The Kier molecular flexibility index (Phi) is 13.3. The van der Waals surface area contributed by atoms with Gasteiger partial charge in [-0.1, -0.05) is 0 Å². The van der Waals surface area contributed by atoms with Gasteiger partial charge in [-0.15, -0.1) is 0 Å². The molecule has 48 heavy (non-hydrogen) atoms. The number of rotatable bonds is 8. The standard InChI is InChI=1S/4C11H9.2ClH.2V/c4*1-2-6-10(7-3-1)11-8-4-5-9-11;;;;/h4*1-4,6-8H,5H2;2*1H;;/q;;;;;;2*+1/p-2. The van der Waals surface area contributed by atoms with Crippen LogP contribution in [0.5, 0.6) is 0 Å². The maximum atomic E-state index is 2.32. The van der Waals surface area contributed by atoms with Crippen LogP contribution in [-0.2, 0) is 32.6 Å². The van der Waals surface area contributed by atoms with Crippen LogP contribution < -0.4 is 24.8 Å². The molecular formula is C44H36Cl2V2. The smallest absolute Gasteiger partial charge is 1.00 e. The van der Waals surface area contributed by atoms with E-state index in [0.29, 0.717) is 0 Å². The van der Waals surface area contributed by atoms with Crippen LogP contribution in [-0.4, -0.2) is 0 Å². The predicted molar refractivity (Wildman–Crippen MR) is 188 cm³/mol. The zero-order valence-corrected chi connectivity index (χ0v) is 30.9. The molecule has 0 heterocycles. The van der Waals surface area contributed by atoms with Gasteiger partial charge in [0, 0.05) is 0 Å². The molecule has 4 heteroatoms. The quantitative estimate of drug-likeness (QED) is 0.220. The van der Waals surface area contributed by atoms with Crippen LogP contribution in [0.15, 0.2) is 187 Å². The van der Waals surface area contributed by atoms with Crippen LogP contribution in [0.2, 0.25) is 0 Å². The third kappa shape index (κ3) is 8.58. The average Bonchev–Trinajstić information content (AvgIpc) is 3.96. The van der Waals surface area contributed by atoms with Crippen molar-refractivity contribution in [3.63, 3.8) is 0 Å². The van der Waals surface area contributed by atoms with Crippen molar-refractivity contribution >= 4 is 22.3 Å². The van der Waals surface area contributed by atoms with E-state index < -0.39 is 0 Å². The Morgan fingerprint density at radius 1 is 0.292 bits per heavy atom. The first-order valence-corrected chi connectivity index (χ1v) is 18.9. The zero-order valence-electron chi connectivity index (χ0n) is 26.6. The minimum atomic E-state index is 0. The Morgan fingerprint density at radius 2 is 0.500 bits per heavy atom. The first kappa shape index (κ1) is 35.8. The minimum absolute atomic E-state index is 0. The molecule has 4 aromatic carbocycles. The minimum Gasteiger partial charge on any atom is -1.00 e. The van der Waals surface area contributed by atoms with Crippen molar-refractivity contribution in [1.82, 2.24) is 0 Å². The third-order valence-corrected chi connectivity index (χ3v) is 12.8. The Morgan fingerprint density at radius 3 is 0.708 bits per heavy atom. The topological polar surface area (TPSA) is 0 Å². The summed E-state index contributed by atoms with van der Waals surface area (Å²) in [5.41, 5.74) is 11.3. The molecule has 0 N–H and O–H groups in total. The second-order valence-corrected chi connectivity index (χ2v) is 15.6. The second-order valence-electron chi connectivity index (χ2n) is 11.6. The molecule has 0 spiro atoms. The van der Waals surface area contributed by atoms with Gasteiger partial charge in [-0.05, 0) is 0 Å². The molecule has 0 aliphatic heterocycles.